The summed E-state index contributed by atoms with van der Waals surface area (Å²) in [6.07, 6.45) is 1.43. The van der Waals surface area contributed by atoms with E-state index in [-0.39, 0.29) is 18.2 Å². The molecule has 0 bridgehead atoms. The number of nitrogens with one attached hydrogen (secondary N) is 2. The molecule has 9 heteroatoms. The van der Waals surface area contributed by atoms with Crippen LogP contribution in [0.15, 0.2) is 59.6 Å². The molecule has 0 aliphatic carbocycles. The SMILES string of the molecule is CC[C@H](C)C(=NC(=O)[C@@H](C)Cc1ccc(NC(N)=O)cc1)C(=O)NCC(Cc1ccccc1)C(N)=O. The summed E-state index contributed by atoms with van der Waals surface area (Å²) in [5.41, 5.74) is 13.2. The summed E-state index contributed by atoms with van der Waals surface area (Å²) in [5.74, 6) is -2.70. The highest BCUT2D eigenvalue weighted by Crippen LogP contribution is 2.16. The molecule has 0 saturated carbocycles. The van der Waals surface area contributed by atoms with E-state index in [4.69, 9.17) is 11.5 Å². The van der Waals surface area contributed by atoms with Gasteiger partial charge in [-0.2, -0.15) is 0 Å². The van der Waals surface area contributed by atoms with Gasteiger partial charge < -0.3 is 22.1 Å². The van der Waals surface area contributed by atoms with Crippen LogP contribution in [0.4, 0.5) is 10.5 Å². The minimum Gasteiger partial charge on any atom is -0.369 e. The summed E-state index contributed by atoms with van der Waals surface area (Å²) < 4.78 is 0. The Hall–Kier alpha value is -4.01. The molecule has 9 nitrogen and oxygen atoms in total. The number of rotatable bonds is 12. The number of anilines is 1. The fourth-order valence-corrected chi connectivity index (χ4v) is 3.59. The van der Waals surface area contributed by atoms with Crippen LogP contribution < -0.4 is 22.1 Å². The lowest BCUT2D eigenvalue weighted by molar-refractivity contribution is -0.123. The zero-order valence-electron chi connectivity index (χ0n) is 21.0. The summed E-state index contributed by atoms with van der Waals surface area (Å²) in [6.45, 7) is 5.53. The number of hydrogen-bond acceptors (Lipinski definition) is 4. The number of aliphatic imine (C=N–C) groups is 1. The van der Waals surface area contributed by atoms with E-state index in [9.17, 15) is 19.2 Å². The number of primary amides is 2. The summed E-state index contributed by atoms with van der Waals surface area (Å²) in [6, 6.07) is 15.7. The normalized spacial score (nSPS) is 13.8. The van der Waals surface area contributed by atoms with Gasteiger partial charge in [0, 0.05) is 24.1 Å². The third kappa shape index (κ3) is 8.98. The van der Waals surface area contributed by atoms with E-state index < -0.39 is 35.6 Å². The third-order valence-corrected chi connectivity index (χ3v) is 5.96. The van der Waals surface area contributed by atoms with Crippen molar-refractivity contribution in [3.05, 3.63) is 65.7 Å². The van der Waals surface area contributed by atoms with Crippen LogP contribution >= 0.6 is 0 Å². The molecular weight excluding hydrogens is 458 g/mol. The highest BCUT2D eigenvalue weighted by Gasteiger charge is 2.24. The smallest absolute Gasteiger partial charge is 0.316 e. The van der Waals surface area contributed by atoms with Gasteiger partial charge in [-0.3, -0.25) is 14.4 Å². The Balaban J connectivity index is 2.06. The number of nitrogens with two attached hydrogens (primary N) is 2. The molecule has 1 unspecified atom stereocenters. The lowest BCUT2D eigenvalue weighted by atomic mass is 9.97. The average Bonchev–Trinajstić information content (AvgIpc) is 2.85. The van der Waals surface area contributed by atoms with Gasteiger partial charge in [-0.05, 0) is 42.5 Å². The standard InChI is InChI=1S/C27H35N5O4/c1-4-17(2)23(26(35)30-16-21(24(28)33)15-19-8-6-5-7-9-19)32-25(34)18(3)14-20-10-12-22(13-11-20)31-27(29)36/h5-13,17-18,21H,4,14-16H2,1-3H3,(H2,28,33)(H,30,35)(H3,29,31,36)/t17-,18-,21?/m0/s1. The van der Waals surface area contributed by atoms with Crippen LogP contribution in [0.25, 0.3) is 0 Å². The van der Waals surface area contributed by atoms with Gasteiger partial charge in [0.15, 0.2) is 0 Å². The molecule has 0 spiro atoms. The van der Waals surface area contributed by atoms with Crippen molar-refractivity contribution in [3.8, 4) is 0 Å². The number of nitrogens with zero attached hydrogens (tertiary/aromatic N) is 1. The van der Waals surface area contributed by atoms with Crippen LogP contribution in [0.3, 0.4) is 0 Å². The first-order chi connectivity index (χ1) is 17.1. The van der Waals surface area contributed by atoms with E-state index in [0.29, 0.717) is 24.9 Å². The van der Waals surface area contributed by atoms with E-state index >= 15 is 0 Å². The van der Waals surface area contributed by atoms with Gasteiger partial charge in [0.05, 0.1) is 5.92 Å². The van der Waals surface area contributed by atoms with Crippen molar-refractivity contribution in [2.24, 2.45) is 34.2 Å². The van der Waals surface area contributed by atoms with Crippen molar-refractivity contribution in [3.63, 3.8) is 0 Å². The first kappa shape index (κ1) is 28.2. The number of amides is 5. The van der Waals surface area contributed by atoms with Crippen molar-refractivity contribution < 1.29 is 19.2 Å². The molecule has 0 aromatic heterocycles. The summed E-state index contributed by atoms with van der Waals surface area (Å²) in [7, 11) is 0. The first-order valence-electron chi connectivity index (χ1n) is 12.0. The van der Waals surface area contributed by atoms with E-state index in [2.05, 4.69) is 15.6 Å². The largest absolute Gasteiger partial charge is 0.369 e. The minimum atomic E-state index is -0.654. The molecule has 2 aromatic carbocycles. The molecule has 0 heterocycles. The Morgan fingerprint density at radius 3 is 2.03 bits per heavy atom. The van der Waals surface area contributed by atoms with Gasteiger partial charge in [0.25, 0.3) is 5.91 Å². The Morgan fingerprint density at radius 2 is 1.47 bits per heavy atom. The fourth-order valence-electron chi connectivity index (χ4n) is 3.59. The van der Waals surface area contributed by atoms with Gasteiger partial charge in [-0.25, -0.2) is 9.79 Å². The fraction of sp³-hybridized carbons (Fsp3) is 0.370. The van der Waals surface area contributed by atoms with Gasteiger partial charge >= 0.3 is 6.03 Å². The zero-order valence-corrected chi connectivity index (χ0v) is 21.0. The number of benzene rings is 2. The molecule has 36 heavy (non-hydrogen) atoms. The summed E-state index contributed by atoms with van der Waals surface area (Å²) in [5, 5.41) is 5.23. The quantitative estimate of drug-likeness (QED) is 0.335. The molecule has 0 fully saturated rings. The van der Waals surface area contributed by atoms with Gasteiger partial charge in [0.2, 0.25) is 11.8 Å². The Bertz CT molecular complexity index is 1080. The number of urea groups is 1. The van der Waals surface area contributed by atoms with Crippen LogP contribution in [-0.2, 0) is 27.2 Å². The number of hydrogen-bond donors (Lipinski definition) is 4. The van der Waals surface area contributed by atoms with Crippen LogP contribution in [0.2, 0.25) is 0 Å². The third-order valence-electron chi connectivity index (χ3n) is 5.96. The first-order valence-corrected chi connectivity index (χ1v) is 12.0. The highest BCUT2D eigenvalue weighted by molar-refractivity contribution is 6.41. The zero-order chi connectivity index (χ0) is 26.7. The van der Waals surface area contributed by atoms with Crippen LogP contribution in [0.5, 0.6) is 0 Å². The summed E-state index contributed by atoms with van der Waals surface area (Å²) >= 11 is 0. The molecule has 0 radical (unpaired) electrons. The number of carbonyl (C=O) groups is 4. The van der Waals surface area contributed by atoms with Crippen LogP contribution in [-0.4, -0.2) is 36.0 Å². The maximum absolute atomic E-state index is 13.0. The summed E-state index contributed by atoms with van der Waals surface area (Å²) in [4.78, 5) is 52.9. The second kappa shape index (κ2) is 13.8. The van der Waals surface area contributed by atoms with Crippen molar-refractivity contribution in [2.45, 2.75) is 40.0 Å². The molecule has 5 amide bonds. The molecule has 0 aliphatic rings. The molecule has 2 aromatic rings. The predicted molar refractivity (Wildman–Crippen MR) is 140 cm³/mol. The monoisotopic (exact) mass is 493 g/mol. The second-order valence-electron chi connectivity index (χ2n) is 8.93. The molecule has 2 rings (SSSR count). The van der Waals surface area contributed by atoms with E-state index in [1.165, 1.54) is 0 Å². The van der Waals surface area contributed by atoms with Gasteiger partial charge in [-0.1, -0.05) is 63.2 Å². The van der Waals surface area contributed by atoms with Crippen molar-refractivity contribution in [1.29, 1.82) is 0 Å². The second-order valence-corrected chi connectivity index (χ2v) is 8.93. The van der Waals surface area contributed by atoms with Crippen LogP contribution in [0, 0.1) is 17.8 Å². The molecular formula is C27H35N5O4. The number of carbonyl (C=O) groups excluding carboxylic acids is 4. The molecule has 6 N–H and O–H groups in total. The topological polar surface area (TPSA) is 157 Å². The molecule has 0 aliphatic heterocycles. The van der Waals surface area contributed by atoms with Crippen molar-refractivity contribution in [1.82, 2.24) is 5.32 Å². The Labute approximate surface area is 211 Å². The molecule has 192 valence electrons. The Kier molecular flexibility index (Phi) is 10.8. The van der Waals surface area contributed by atoms with E-state index in [0.717, 1.165) is 11.1 Å². The Morgan fingerprint density at radius 1 is 0.861 bits per heavy atom. The average molecular weight is 494 g/mol. The van der Waals surface area contributed by atoms with E-state index in [1.54, 1.807) is 31.2 Å². The maximum atomic E-state index is 13.0. The van der Waals surface area contributed by atoms with Crippen LogP contribution in [0.1, 0.15) is 38.3 Å². The van der Waals surface area contributed by atoms with Crippen molar-refractivity contribution in [2.75, 3.05) is 11.9 Å². The minimum absolute atomic E-state index is 0.0495. The van der Waals surface area contributed by atoms with Gasteiger partial charge in [-0.15, -0.1) is 0 Å². The lowest BCUT2D eigenvalue weighted by Gasteiger charge is -2.17. The maximum Gasteiger partial charge on any atom is 0.316 e. The van der Waals surface area contributed by atoms with E-state index in [1.807, 2.05) is 44.2 Å². The van der Waals surface area contributed by atoms with Crippen molar-refractivity contribution >= 4 is 35.2 Å². The molecule has 3 atom stereocenters. The predicted octanol–water partition coefficient (Wildman–Crippen LogP) is 2.83. The molecule has 0 saturated heterocycles. The van der Waals surface area contributed by atoms with Gasteiger partial charge in [0.1, 0.15) is 5.71 Å². The lowest BCUT2D eigenvalue weighted by Crippen LogP contribution is -2.42. The highest BCUT2D eigenvalue weighted by atomic mass is 16.2.